The minimum absolute atomic E-state index is 0.0130. The van der Waals surface area contributed by atoms with E-state index in [2.05, 4.69) is 47.4 Å². The van der Waals surface area contributed by atoms with E-state index < -0.39 is 0 Å². The first kappa shape index (κ1) is 17.9. The zero-order chi connectivity index (χ0) is 18.8. The van der Waals surface area contributed by atoms with Gasteiger partial charge >= 0.3 is 0 Å². The molecule has 0 fully saturated rings. The number of ether oxygens (including phenoxy) is 1. The molecule has 0 unspecified atom stereocenters. The molecule has 27 heavy (non-hydrogen) atoms. The predicted molar refractivity (Wildman–Crippen MR) is 107 cm³/mol. The second kappa shape index (κ2) is 7.61. The van der Waals surface area contributed by atoms with Gasteiger partial charge in [-0.15, -0.1) is 0 Å². The zero-order valence-electron chi connectivity index (χ0n) is 16.1. The second-order valence-electron chi connectivity index (χ2n) is 7.56. The highest BCUT2D eigenvalue weighted by molar-refractivity contribution is 6.03. The molecule has 2 heterocycles. The normalized spacial score (nSPS) is 18.3. The van der Waals surface area contributed by atoms with Gasteiger partial charge in [-0.3, -0.25) is 4.79 Å². The first-order valence-electron chi connectivity index (χ1n) is 9.70. The van der Waals surface area contributed by atoms with Crippen molar-refractivity contribution in [3.05, 3.63) is 59.2 Å². The summed E-state index contributed by atoms with van der Waals surface area (Å²) in [7, 11) is 4.13. The number of anilines is 1. The topological polar surface area (TPSA) is 44.8 Å². The molecular weight excluding hydrogens is 338 g/mol. The Morgan fingerprint density at radius 1 is 1.19 bits per heavy atom. The highest BCUT2D eigenvalue weighted by Gasteiger charge is 2.34. The number of aryl methyl sites for hydroxylation is 1. The van der Waals surface area contributed by atoms with Crippen LogP contribution in [0.2, 0.25) is 0 Å². The molecule has 2 aromatic rings. The number of rotatable bonds is 6. The average molecular weight is 365 g/mol. The number of nitrogens with one attached hydrogen (secondary N) is 1. The quantitative estimate of drug-likeness (QED) is 0.799. The van der Waals surface area contributed by atoms with Gasteiger partial charge in [-0.1, -0.05) is 24.3 Å². The fraction of sp³-hybridized carbons (Fsp3) is 0.409. The van der Waals surface area contributed by atoms with Crippen LogP contribution in [0.1, 0.15) is 40.5 Å². The maximum Gasteiger partial charge on any atom is 0.255 e. The largest absolute Gasteiger partial charge is 0.494 e. The van der Waals surface area contributed by atoms with Gasteiger partial charge in [0.2, 0.25) is 0 Å². The van der Waals surface area contributed by atoms with E-state index in [0.717, 1.165) is 54.9 Å². The highest BCUT2D eigenvalue weighted by atomic mass is 16.5. The zero-order valence-corrected chi connectivity index (χ0v) is 16.1. The van der Waals surface area contributed by atoms with Gasteiger partial charge in [0.1, 0.15) is 11.9 Å². The number of nitrogens with zero attached hydrogens (tertiary/aromatic N) is 2. The molecule has 0 bridgehead atoms. The number of amides is 1. The summed E-state index contributed by atoms with van der Waals surface area (Å²) in [6, 6.07) is 14.2. The molecule has 0 radical (unpaired) electrons. The summed E-state index contributed by atoms with van der Waals surface area (Å²) in [6.07, 6.45) is 3.03. The third kappa shape index (κ3) is 3.65. The minimum Gasteiger partial charge on any atom is -0.494 e. The van der Waals surface area contributed by atoms with Crippen molar-refractivity contribution in [3.8, 4) is 5.75 Å². The van der Waals surface area contributed by atoms with Crippen molar-refractivity contribution in [1.29, 1.82) is 0 Å². The lowest BCUT2D eigenvalue weighted by atomic mass is 9.93. The van der Waals surface area contributed by atoms with Crippen LogP contribution in [0.4, 0.5) is 5.69 Å². The van der Waals surface area contributed by atoms with Crippen molar-refractivity contribution in [2.45, 2.75) is 25.4 Å². The molecule has 0 saturated heterocycles. The first-order valence-corrected chi connectivity index (χ1v) is 9.70. The van der Waals surface area contributed by atoms with Gasteiger partial charge in [0.15, 0.2) is 0 Å². The molecule has 5 heteroatoms. The Hall–Kier alpha value is -2.53. The maximum absolute atomic E-state index is 12.6. The van der Waals surface area contributed by atoms with E-state index in [1.165, 1.54) is 5.56 Å². The van der Waals surface area contributed by atoms with Crippen LogP contribution in [0, 0.1) is 0 Å². The molecule has 142 valence electrons. The third-order valence-electron chi connectivity index (χ3n) is 5.29. The van der Waals surface area contributed by atoms with Crippen molar-refractivity contribution in [3.63, 3.8) is 0 Å². The summed E-state index contributed by atoms with van der Waals surface area (Å²) in [5.74, 6) is 0.887. The summed E-state index contributed by atoms with van der Waals surface area (Å²) in [6.45, 7) is 2.68. The van der Waals surface area contributed by atoms with E-state index in [9.17, 15) is 4.79 Å². The Morgan fingerprint density at radius 3 is 2.78 bits per heavy atom. The van der Waals surface area contributed by atoms with Crippen molar-refractivity contribution in [2.75, 3.05) is 38.7 Å². The molecule has 1 amide bonds. The molecule has 2 aliphatic heterocycles. The molecule has 0 spiro atoms. The van der Waals surface area contributed by atoms with E-state index in [-0.39, 0.29) is 12.1 Å². The summed E-state index contributed by atoms with van der Waals surface area (Å²) in [4.78, 5) is 17.1. The minimum atomic E-state index is -0.116. The van der Waals surface area contributed by atoms with Gasteiger partial charge in [0.05, 0.1) is 17.9 Å². The van der Waals surface area contributed by atoms with Crippen LogP contribution < -0.4 is 15.0 Å². The van der Waals surface area contributed by atoms with Crippen LogP contribution in [0.5, 0.6) is 5.75 Å². The molecule has 4 rings (SSSR count). The molecule has 0 aromatic heterocycles. The van der Waals surface area contributed by atoms with Crippen LogP contribution >= 0.6 is 0 Å². The van der Waals surface area contributed by atoms with Crippen LogP contribution in [-0.2, 0) is 6.42 Å². The van der Waals surface area contributed by atoms with Crippen molar-refractivity contribution in [2.24, 2.45) is 0 Å². The van der Waals surface area contributed by atoms with Crippen LogP contribution in [0.25, 0.3) is 0 Å². The van der Waals surface area contributed by atoms with Gasteiger partial charge in [0, 0.05) is 13.1 Å². The van der Waals surface area contributed by atoms with Gasteiger partial charge in [-0.05, 0) is 62.7 Å². The summed E-state index contributed by atoms with van der Waals surface area (Å²) < 4.78 is 5.83. The monoisotopic (exact) mass is 365 g/mol. The molecule has 2 aliphatic rings. The van der Waals surface area contributed by atoms with Gasteiger partial charge in [-0.25, -0.2) is 0 Å². The maximum atomic E-state index is 12.6. The number of benzene rings is 2. The standard InChI is InChI=1S/C22H27N3O2/c1-24(2)13-5-15-27-18-11-9-17(10-12-18)21-23-22(26)19-8-3-6-16-7-4-14-25(21)20(16)19/h3,6,8-12,21H,4-5,7,13-15H2,1-2H3,(H,23,26)/t21-/m1/s1. The molecule has 1 N–H and O–H groups in total. The van der Waals surface area contributed by atoms with Crippen molar-refractivity contribution < 1.29 is 9.53 Å². The Bertz CT molecular complexity index is 817. The van der Waals surface area contributed by atoms with Crippen LogP contribution in [0.15, 0.2) is 42.5 Å². The number of carbonyl (C=O) groups excluding carboxylic acids is 1. The van der Waals surface area contributed by atoms with Crippen LogP contribution in [-0.4, -0.2) is 44.6 Å². The van der Waals surface area contributed by atoms with Crippen LogP contribution in [0.3, 0.4) is 0 Å². The lowest BCUT2D eigenvalue weighted by Gasteiger charge is -2.42. The SMILES string of the molecule is CN(C)CCCOc1ccc([C@@H]2NC(=O)c3cccc4c3N2CCC4)cc1. The lowest BCUT2D eigenvalue weighted by Crippen LogP contribution is -2.48. The average Bonchev–Trinajstić information content (AvgIpc) is 2.68. The molecule has 5 nitrogen and oxygen atoms in total. The van der Waals surface area contributed by atoms with E-state index in [1.54, 1.807) is 0 Å². The van der Waals surface area contributed by atoms with E-state index in [1.807, 2.05) is 24.3 Å². The summed E-state index contributed by atoms with van der Waals surface area (Å²) >= 11 is 0. The number of hydrogen-bond acceptors (Lipinski definition) is 4. The van der Waals surface area contributed by atoms with E-state index in [0.29, 0.717) is 6.61 Å². The summed E-state index contributed by atoms with van der Waals surface area (Å²) in [5.41, 5.74) is 4.27. The first-order chi connectivity index (χ1) is 13.1. The molecule has 0 saturated carbocycles. The Balaban J connectivity index is 1.50. The predicted octanol–water partition coefficient (Wildman–Crippen LogP) is 3.21. The molecular formula is C22H27N3O2. The van der Waals surface area contributed by atoms with Gasteiger partial charge < -0.3 is 19.9 Å². The Labute approximate surface area is 160 Å². The summed E-state index contributed by atoms with van der Waals surface area (Å²) in [5, 5.41) is 3.18. The smallest absolute Gasteiger partial charge is 0.255 e. The number of para-hydroxylation sites is 1. The van der Waals surface area contributed by atoms with Crippen molar-refractivity contribution >= 4 is 11.6 Å². The van der Waals surface area contributed by atoms with Crippen molar-refractivity contribution in [1.82, 2.24) is 10.2 Å². The fourth-order valence-electron chi connectivity index (χ4n) is 3.99. The molecule has 1 atom stereocenters. The molecule has 2 aromatic carbocycles. The number of carbonyl (C=O) groups is 1. The number of hydrogen-bond donors (Lipinski definition) is 1. The third-order valence-corrected chi connectivity index (χ3v) is 5.29. The lowest BCUT2D eigenvalue weighted by molar-refractivity contribution is 0.0925. The van der Waals surface area contributed by atoms with Gasteiger partial charge in [-0.2, -0.15) is 0 Å². The second-order valence-corrected chi connectivity index (χ2v) is 7.56. The highest BCUT2D eigenvalue weighted by Crippen LogP contribution is 2.39. The van der Waals surface area contributed by atoms with Gasteiger partial charge in [0.25, 0.3) is 5.91 Å². The van der Waals surface area contributed by atoms with E-state index in [4.69, 9.17) is 4.74 Å². The Kier molecular flexibility index (Phi) is 5.03. The fourth-order valence-corrected chi connectivity index (χ4v) is 3.99. The molecule has 0 aliphatic carbocycles. The Morgan fingerprint density at radius 2 is 2.00 bits per heavy atom. The van der Waals surface area contributed by atoms with E-state index >= 15 is 0 Å².